The lowest BCUT2D eigenvalue weighted by molar-refractivity contribution is -0.122. The van der Waals surface area contributed by atoms with Crippen molar-refractivity contribution < 1.29 is 70.6 Å². The van der Waals surface area contributed by atoms with Gasteiger partial charge >= 0.3 is 35.2 Å². The molecule has 3 aliphatic rings. The Kier molecular flexibility index (Phi) is 16.5. The number of urea groups is 1. The van der Waals surface area contributed by atoms with Crippen molar-refractivity contribution in [3.8, 4) is 0 Å². The van der Waals surface area contributed by atoms with Crippen LogP contribution in [0.15, 0.2) is 21.9 Å². The van der Waals surface area contributed by atoms with Gasteiger partial charge in [0.15, 0.2) is 0 Å². The maximum absolute atomic E-state index is 12.5. The molecule has 3 fully saturated rings. The molecule has 0 radical (unpaired) electrons. The van der Waals surface area contributed by atoms with E-state index in [9.17, 15) is 52.6 Å². The lowest BCUT2D eigenvalue weighted by Gasteiger charge is -2.19. The maximum atomic E-state index is 12.5. The quantitative estimate of drug-likeness (QED) is 0.0418. The second-order valence-corrected chi connectivity index (χ2v) is 18.5. The first-order chi connectivity index (χ1) is 25.8. The van der Waals surface area contributed by atoms with Gasteiger partial charge < -0.3 is 50.7 Å². The number of nitrogens with zero attached hydrogens (tertiary/aromatic N) is 1. The number of phosphoric ester groups is 1. The van der Waals surface area contributed by atoms with Crippen LogP contribution in [0.2, 0.25) is 0 Å². The van der Waals surface area contributed by atoms with Gasteiger partial charge in [-0.1, -0.05) is 25.0 Å². The van der Waals surface area contributed by atoms with Gasteiger partial charge in [0.25, 0.3) is 5.56 Å². The highest BCUT2D eigenvalue weighted by molar-refractivity contribution is 8.00. The first-order valence-electron chi connectivity index (χ1n) is 17.2. The summed E-state index contributed by atoms with van der Waals surface area (Å²) in [6, 6.07) is 0.235. The number of thioether (sulfide) groups is 1. The number of aliphatic hydroxyl groups is 1. The third-order valence-corrected chi connectivity index (χ3v) is 13.8. The number of fused-ring (bicyclic) bond motifs is 1. The summed E-state index contributed by atoms with van der Waals surface area (Å²) >= 11 is 1.85. The highest BCUT2D eigenvalue weighted by Crippen LogP contribution is 2.66. The highest BCUT2D eigenvalue weighted by Gasteiger charge is 2.44. The number of amides is 4. The average molecular weight is 863 g/mol. The third-order valence-electron chi connectivity index (χ3n) is 8.53. The van der Waals surface area contributed by atoms with E-state index in [0.717, 1.165) is 42.2 Å². The van der Waals surface area contributed by atoms with Crippen LogP contribution in [0.1, 0.15) is 69.6 Å². The lowest BCUT2D eigenvalue weighted by atomic mass is 10.0. The van der Waals surface area contributed by atoms with E-state index in [0.29, 0.717) is 31.1 Å². The van der Waals surface area contributed by atoms with Crippen LogP contribution >= 0.6 is 35.2 Å². The number of nitrogens with one attached hydrogen (secondary N) is 5. The van der Waals surface area contributed by atoms with Crippen LogP contribution in [-0.4, -0.2) is 107 Å². The minimum absolute atomic E-state index is 0.0169. The zero-order valence-electron chi connectivity index (χ0n) is 29.2. The number of carbonyl (C=O) groups is 3. The molecule has 10 N–H and O–H groups in total. The molecule has 0 aliphatic carbocycles. The first kappa shape index (κ1) is 45.0. The van der Waals surface area contributed by atoms with Crippen molar-refractivity contribution in [3.63, 3.8) is 0 Å². The normalized spacial score (nSPS) is 25.9. The second-order valence-electron chi connectivity index (χ2n) is 12.8. The van der Waals surface area contributed by atoms with Crippen molar-refractivity contribution >= 4 is 59.2 Å². The van der Waals surface area contributed by atoms with Crippen LogP contribution in [0.3, 0.4) is 0 Å². The highest BCUT2D eigenvalue weighted by atomic mass is 32.2. The zero-order chi connectivity index (χ0) is 40.4. The van der Waals surface area contributed by atoms with Crippen LogP contribution in [-0.2, 0) is 41.2 Å². The van der Waals surface area contributed by atoms with Crippen LogP contribution in [0.25, 0.3) is 6.08 Å². The Bertz CT molecular complexity index is 1820. The van der Waals surface area contributed by atoms with Gasteiger partial charge in [0.05, 0.1) is 30.4 Å². The molecule has 1 aromatic rings. The molecule has 4 rings (SSSR count). The molecule has 310 valence electrons. The molecule has 23 nitrogen and oxygen atoms in total. The molecule has 0 spiro atoms. The minimum atomic E-state index is -5.76. The Hall–Kier alpha value is -2.69. The monoisotopic (exact) mass is 862 g/mol. The van der Waals surface area contributed by atoms with E-state index in [2.05, 4.69) is 39.4 Å². The molecule has 4 amide bonds. The summed E-state index contributed by atoms with van der Waals surface area (Å²) in [5.41, 5.74) is -1.71. The summed E-state index contributed by atoms with van der Waals surface area (Å²) in [5.74, 6) is 0.653. The number of phosphoric acid groups is 3. The number of H-pyrrole nitrogens is 1. The molecule has 27 heteroatoms. The summed E-state index contributed by atoms with van der Waals surface area (Å²) in [6.45, 7) is -0.388. The van der Waals surface area contributed by atoms with Crippen molar-refractivity contribution in [2.45, 2.75) is 93.6 Å². The Balaban J connectivity index is 1.10. The molecule has 0 saturated carbocycles. The molecule has 0 aromatic carbocycles. The second kappa shape index (κ2) is 20.1. The number of aromatic amines is 1. The standard InChI is InChI=1S/C28H45N6O17P3S/c35-19-13-24(49-20(19)15-48-53(44,45)51-54(46,47)50-52(41,42)43)34-14-17(26(38)33-28(34)40)7-6-12-30-22(36)9-2-1-5-11-29-23(37)10-4-3-8-21-25-18(16-55-21)31-27(39)32-25/h6-7,14,18-21,24-25,35H,1-5,8-13,15-16H2,(H,29,37)(H,30,36)(H,44,45)(H,46,47)(H2,31,32,39)(H,33,38,40)(H2,41,42,43)/b7-6+/t18-,19+,20+,21-,24+,25-/m0/s1. The maximum Gasteiger partial charge on any atom is 0.490 e. The molecular formula is C28H45N6O17P3S. The van der Waals surface area contributed by atoms with Crippen molar-refractivity contribution in [1.29, 1.82) is 0 Å². The summed E-state index contributed by atoms with van der Waals surface area (Å²) in [7, 11) is -16.8. The fraction of sp³-hybridized carbons (Fsp3) is 0.679. The van der Waals surface area contributed by atoms with E-state index in [1.54, 1.807) is 0 Å². The summed E-state index contributed by atoms with van der Waals surface area (Å²) in [4.78, 5) is 99.0. The minimum Gasteiger partial charge on any atom is -0.390 e. The van der Waals surface area contributed by atoms with Gasteiger partial charge in [0.2, 0.25) is 11.8 Å². The van der Waals surface area contributed by atoms with E-state index in [1.807, 2.05) is 11.8 Å². The fourth-order valence-corrected chi connectivity index (χ4v) is 10.5. The molecule has 55 heavy (non-hydrogen) atoms. The average Bonchev–Trinajstić information content (AvgIpc) is 3.74. The third kappa shape index (κ3) is 15.0. The molecule has 8 atom stereocenters. The van der Waals surface area contributed by atoms with Gasteiger partial charge in [0, 0.05) is 49.6 Å². The number of aromatic nitrogens is 2. The van der Waals surface area contributed by atoms with E-state index >= 15 is 0 Å². The van der Waals surface area contributed by atoms with Crippen LogP contribution in [0, 0.1) is 0 Å². The van der Waals surface area contributed by atoms with Gasteiger partial charge in [0.1, 0.15) is 12.3 Å². The number of aliphatic hydroxyl groups excluding tert-OH is 1. The molecule has 4 heterocycles. The predicted octanol–water partition coefficient (Wildman–Crippen LogP) is 0.0601. The van der Waals surface area contributed by atoms with Crippen LogP contribution in [0.4, 0.5) is 4.79 Å². The Morgan fingerprint density at radius 3 is 2.40 bits per heavy atom. The van der Waals surface area contributed by atoms with Gasteiger partial charge in [-0.05, 0) is 25.7 Å². The van der Waals surface area contributed by atoms with E-state index in [1.165, 1.54) is 12.2 Å². The molecule has 3 aliphatic heterocycles. The van der Waals surface area contributed by atoms with Crippen LogP contribution < -0.4 is 32.5 Å². The summed E-state index contributed by atoms with van der Waals surface area (Å²) in [5, 5.41) is 22.2. The largest absolute Gasteiger partial charge is 0.490 e. The van der Waals surface area contributed by atoms with Gasteiger partial charge in [-0.2, -0.15) is 20.4 Å². The molecule has 3 saturated heterocycles. The predicted molar refractivity (Wildman–Crippen MR) is 193 cm³/mol. The fourth-order valence-electron chi connectivity index (χ4n) is 5.97. The molecule has 1 aromatic heterocycles. The van der Waals surface area contributed by atoms with E-state index < -0.39 is 59.8 Å². The lowest BCUT2D eigenvalue weighted by Crippen LogP contribution is -2.36. The number of unbranched alkanes of at least 4 members (excludes halogenated alkanes) is 3. The topological polar surface area (TPSA) is 343 Å². The molecule has 2 unspecified atom stereocenters. The number of hydrogen-bond donors (Lipinski definition) is 10. The molecule has 0 bridgehead atoms. The van der Waals surface area contributed by atoms with Gasteiger partial charge in [-0.25, -0.2) is 23.3 Å². The Morgan fingerprint density at radius 2 is 1.67 bits per heavy atom. The SMILES string of the molecule is O=C(CCCCCNC(=O)CCCC[C@@H]1SC[C@@H]2NC(=O)N[C@@H]21)NC/C=C/c1cn([C@H]2C[C@@H](O)[C@@H](COP(=O)(O)OP(=O)(O)OP(=O)(O)O)O2)c(=O)[nH]c1=O. The van der Waals surface area contributed by atoms with Crippen LogP contribution in [0.5, 0.6) is 0 Å². The van der Waals surface area contributed by atoms with E-state index in [4.69, 9.17) is 14.5 Å². The van der Waals surface area contributed by atoms with E-state index in [-0.39, 0.29) is 54.9 Å². The zero-order valence-corrected chi connectivity index (χ0v) is 32.7. The van der Waals surface area contributed by atoms with Crippen molar-refractivity contribution in [3.05, 3.63) is 38.7 Å². The van der Waals surface area contributed by atoms with Crippen molar-refractivity contribution in [2.24, 2.45) is 0 Å². The number of hydrogen-bond acceptors (Lipinski definition) is 14. The summed E-state index contributed by atoms with van der Waals surface area (Å²) in [6.07, 6.45) is 4.94. The molecular weight excluding hydrogens is 817 g/mol. The summed E-state index contributed by atoms with van der Waals surface area (Å²) < 4.78 is 52.4. The van der Waals surface area contributed by atoms with Crippen molar-refractivity contribution in [1.82, 2.24) is 30.8 Å². The van der Waals surface area contributed by atoms with Gasteiger partial charge in [-0.15, -0.1) is 0 Å². The Morgan fingerprint density at radius 1 is 0.964 bits per heavy atom. The van der Waals surface area contributed by atoms with Gasteiger partial charge in [-0.3, -0.25) is 28.5 Å². The smallest absolute Gasteiger partial charge is 0.390 e. The first-order valence-corrected chi connectivity index (χ1v) is 22.7. The number of rotatable bonds is 22. The van der Waals surface area contributed by atoms with Crippen molar-refractivity contribution in [2.75, 3.05) is 25.4 Å². The number of carbonyl (C=O) groups excluding carboxylic acids is 3. The Labute approximate surface area is 317 Å². The number of ether oxygens (including phenoxy) is 1.